The van der Waals surface area contributed by atoms with Crippen molar-refractivity contribution < 1.29 is 9.59 Å². The predicted octanol–water partition coefficient (Wildman–Crippen LogP) is 3.45. The Morgan fingerprint density at radius 1 is 1.00 bits per heavy atom. The van der Waals surface area contributed by atoms with Gasteiger partial charge >= 0.3 is 0 Å². The number of halogens is 1. The lowest BCUT2D eigenvalue weighted by atomic mass is 10.0. The largest absolute Gasteiger partial charge is 0.354 e. The number of nitrogens with one attached hydrogen (secondary N) is 1. The van der Waals surface area contributed by atoms with Crippen LogP contribution in [0.25, 0.3) is 22.2 Å². The number of carbonyl (C=O) groups excluding carboxylic acids is 2. The lowest BCUT2D eigenvalue weighted by molar-refractivity contribution is -0.127. The number of likely N-dealkylation sites (N-methyl/N-ethyl adjacent to an activating group) is 1. The van der Waals surface area contributed by atoms with Crippen molar-refractivity contribution in [3.63, 3.8) is 0 Å². The standard InChI is InChI=1S/C21H20ClN3O2/c1-24-9-11-25(12-10-24)21(27)20(26)18-16-13-15(22)7-8-17(16)23-19(18)14-5-3-2-4-6-14/h2-8,13,23H,9-12H2,1H3. The second-order valence-electron chi connectivity index (χ2n) is 6.86. The van der Waals surface area contributed by atoms with E-state index in [2.05, 4.69) is 9.88 Å². The molecule has 4 rings (SSSR count). The molecule has 0 aliphatic carbocycles. The van der Waals surface area contributed by atoms with E-state index in [1.54, 1.807) is 17.0 Å². The molecule has 3 aromatic rings. The van der Waals surface area contributed by atoms with E-state index in [1.165, 1.54) is 0 Å². The van der Waals surface area contributed by atoms with E-state index in [0.29, 0.717) is 34.8 Å². The number of fused-ring (bicyclic) bond motifs is 1. The highest BCUT2D eigenvalue weighted by molar-refractivity contribution is 6.46. The molecule has 27 heavy (non-hydrogen) atoms. The number of hydrogen-bond donors (Lipinski definition) is 1. The fraction of sp³-hybridized carbons (Fsp3) is 0.238. The normalized spacial score (nSPS) is 15.3. The third-order valence-electron chi connectivity index (χ3n) is 5.03. The SMILES string of the molecule is CN1CCN(C(=O)C(=O)c2c(-c3ccccc3)[nH]c3ccc(Cl)cc23)CC1. The second kappa shape index (κ2) is 7.18. The van der Waals surface area contributed by atoms with Crippen molar-refractivity contribution >= 4 is 34.2 Å². The number of rotatable bonds is 3. The third kappa shape index (κ3) is 3.36. The zero-order valence-electron chi connectivity index (χ0n) is 15.0. The van der Waals surface area contributed by atoms with E-state index >= 15 is 0 Å². The summed E-state index contributed by atoms with van der Waals surface area (Å²) in [6.07, 6.45) is 0. The van der Waals surface area contributed by atoms with Gasteiger partial charge in [0.15, 0.2) is 0 Å². The van der Waals surface area contributed by atoms with Crippen LogP contribution in [0.2, 0.25) is 5.02 Å². The van der Waals surface area contributed by atoms with Gasteiger partial charge < -0.3 is 14.8 Å². The number of aromatic amines is 1. The summed E-state index contributed by atoms with van der Waals surface area (Å²) in [6.45, 7) is 2.66. The minimum absolute atomic E-state index is 0.391. The van der Waals surface area contributed by atoms with E-state index in [0.717, 1.165) is 24.2 Å². The quantitative estimate of drug-likeness (QED) is 0.558. The molecule has 0 atom stereocenters. The molecule has 2 aromatic carbocycles. The van der Waals surface area contributed by atoms with Crippen molar-refractivity contribution in [3.05, 3.63) is 59.1 Å². The number of Topliss-reactive ketones (excluding diaryl/α,β-unsaturated/α-hetero) is 1. The Morgan fingerprint density at radius 3 is 2.41 bits per heavy atom. The van der Waals surface area contributed by atoms with Crippen LogP contribution in [-0.4, -0.2) is 59.7 Å². The van der Waals surface area contributed by atoms with Gasteiger partial charge in [0.2, 0.25) is 0 Å². The highest BCUT2D eigenvalue weighted by Crippen LogP contribution is 2.32. The minimum atomic E-state index is -0.494. The topological polar surface area (TPSA) is 56.4 Å². The summed E-state index contributed by atoms with van der Waals surface area (Å²) in [7, 11) is 2.01. The van der Waals surface area contributed by atoms with Crippen LogP contribution in [0.15, 0.2) is 48.5 Å². The number of carbonyl (C=O) groups is 2. The summed E-state index contributed by atoms with van der Waals surface area (Å²) in [5.74, 6) is -0.951. The number of amides is 1. The van der Waals surface area contributed by atoms with Gasteiger partial charge in [0, 0.05) is 42.1 Å². The first-order valence-corrected chi connectivity index (χ1v) is 9.31. The Hall–Kier alpha value is -2.63. The molecule has 1 saturated heterocycles. The predicted molar refractivity (Wildman–Crippen MR) is 107 cm³/mol. The van der Waals surface area contributed by atoms with Gasteiger partial charge in [-0.1, -0.05) is 41.9 Å². The molecule has 1 amide bonds. The molecule has 1 N–H and O–H groups in total. The average molecular weight is 382 g/mol. The Labute approximate surface area is 162 Å². The van der Waals surface area contributed by atoms with Crippen LogP contribution in [0, 0.1) is 0 Å². The first kappa shape index (κ1) is 17.8. The number of H-pyrrole nitrogens is 1. The Balaban J connectivity index is 1.80. The molecule has 1 fully saturated rings. The Bertz CT molecular complexity index is 1000. The van der Waals surface area contributed by atoms with E-state index in [9.17, 15) is 9.59 Å². The highest BCUT2D eigenvalue weighted by Gasteiger charge is 2.30. The summed E-state index contributed by atoms with van der Waals surface area (Å²) in [4.78, 5) is 33.2. The first-order valence-electron chi connectivity index (χ1n) is 8.93. The molecule has 0 radical (unpaired) electrons. The van der Waals surface area contributed by atoms with Crippen LogP contribution in [0.1, 0.15) is 10.4 Å². The molecular weight excluding hydrogens is 362 g/mol. The van der Waals surface area contributed by atoms with E-state index in [1.807, 2.05) is 43.4 Å². The molecule has 2 heterocycles. The smallest absolute Gasteiger partial charge is 0.295 e. The highest BCUT2D eigenvalue weighted by atomic mass is 35.5. The van der Waals surface area contributed by atoms with Crippen molar-refractivity contribution in [2.24, 2.45) is 0 Å². The first-order chi connectivity index (χ1) is 13.0. The minimum Gasteiger partial charge on any atom is -0.354 e. The fourth-order valence-corrected chi connectivity index (χ4v) is 3.65. The maximum atomic E-state index is 13.2. The van der Waals surface area contributed by atoms with Crippen LogP contribution < -0.4 is 0 Å². The summed E-state index contributed by atoms with van der Waals surface area (Å²) < 4.78 is 0. The Morgan fingerprint density at radius 2 is 1.70 bits per heavy atom. The molecule has 5 nitrogen and oxygen atoms in total. The summed E-state index contributed by atoms with van der Waals surface area (Å²) in [5.41, 5.74) is 2.69. The lowest BCUT2D eigenvalue weighted by Gasteiger charge is -2.31. The number of hydrogen-bond acceptors (Lipinski definition) is 3. The van der Waals surface area contributed by atoms with Gasteiger partial charge in [0.1, 0.15) is 0 Å². The van der Waals surface area contributed by atoms with Crippen LogP contribution in [0.5, 0.6) is 0 Å². The van der Waals surface area contributed by atoms with Crippen LogP contribution in [-0.2, 0) is 4.79 Å². The zero-order valence-corrected chi connectivity index (χ0v) is 15.8. The lowest BCUT2D eigenvalue weighted by Crippen LogP contribution is -2.49. The number of ketones is 1. The molecule has 0 bridgehead atoms. The van der Waals surface area contributed by atoms with E-state index < -0.39 is 11.7 Å². The molecule has 1 aromatic heterocycles. The van der Waals surface area contributed by atoms with Crippen molar-refractivity contribution in [2.45, 2.75) is 0 Å². The van der Waals surface area contributed by atoms with Gasteiger partial charge in [0.25, 0.3) is 11.7 Å². The number of benzene rings is 2. The van der Waals surface area contributed by atoms with Crippen molar-refractivity contribution in [1.29, 1.82) is 0 Å². The molecule has 6 heteroatoms. The van der Waals surface area contributed by atoms with Gasteiger partial charge in [-0.2, -0.15) is 0 Å². The number of piperazine rings is 1. The third-order valence-corrected chi connectivity index (χ3v) is 5.27. The molecule has 138 valence electrons. The van der Waals surface area contributed by atoms with Crippen LogP contribution >= 0.6 is 11.6 Å². The monoisotopic (exact) mass is 381 g/mol. The molecule has 0 spiro atoms. The Kier molecular flexibility index (Phi) is 4.72. The number of nitrogens with zero attached hydrogens (tertiary/aromatic N) is 2. The van der Waals surface area contributed by atoms with Crippen molar-refractivity contribution in [3.8, 4) is 11.3 Å². The van der Waals surface area contributed by atoms with Gasteiger partial charge in [-0.15, -0.1) is 0 Å². The summed E-state index contributed by atoms with van der Waals surface area (Å²) >= 11 is 6.17. The van der Waals surface area contributed by atoms with Gasteiger partial charge in [-0.05, 0) is 30.8 Å². The number of aromatic nitrogens is 1. The molecule has 0 unspecified atom stereocenters. The van der Waals surface area contributed by atoms with Gasteiger partial charge in [-0.25, -0.2) is 0 Å². The van der Waals surface area contributed by atoms with Crippen molar-refractivity contribution in [2.75, 3.05) is 33.2 Å². The molecule has 1 aliphatic rings. The zero-order chi connectivity index (χ0) is 19.0. The van der Waals surface area contributed by atoms with E-state index in [-0.39, 0.29) is 0 Å². The fourth-order valence-electron chi connectivity index (χ4n) is 3.48. The second-order valence-corrected chi connectivity index (χ2v) is 7.29. The average Bonchev–Trinajstić information content (AvgIpc) is 3.06. The van der Waals surface area contributed by atoms with Crippen molar-refractivity contribution in [1.82, 2.24) is 14.8 Å². The molecular formula is C21H20ClN3O2. The maximum absolute atomic E-state index is 13.2. The van der Waals surface area contributed by atoms with Crippen LogP contribution in [0.4, 0.5) is 0 Å². The van der Waals surface area contributed by atoms with Crippen LogP contribution in [0.3, 0.4) is 0 Å². The van der Waals surface area contributed by atoms with Gasteiger partial charge in [0.05, 0.1) is 11.3 Å². The summed E-state index contributed by atoms with van der Waals surface area (Å²) in [6, 6.07) is 14.9. The molecule has 0 saturated carbocycles. The summed E-state index contributed by atoms with van der Waals surface area (Å²) in [5, 5.41) is 1.20. The molecule has 1 aliphatic heterocycles. The van der Waals surface area contributed by atoms with E-state index in [4.69, 9.17) is 11.6 Å². The maximum Gasteiger partial charge on any atom is 0.295 e. The van der Waals surface area contributed by atoms with Gasteiger partial charge in [-0.3, -0.25) is 9.59 Å².